The van der Waals surface area contributed by atoms with E-state index in [2.05, 4.69) is 52.8 Å². The SMILES string of the molecule is Cc1ccc(C2=[N+](Cc3ccccc3)[C@H](c3ccc4c(c3)OCO4)[C@@](C(=O)O)(c3ccc4c(c3)OCO4)N2Cc2ccccc2)cc1. The monoisotopic (exact) mass is 625 g/mol. The van der Waals surface area contributed by atoms with Crippen molar-refractivity contribution in [1.29, 1.82) is 0 Å². The first-order valence-corrected chi connectivity index (χ1v) is 15.6. The number of benzene rings is 5. The van der Waals surface area contributed by atoms with E-state index in [0.29, 0.717) is 41.7 Å². The number of carbonyl (C=O) groups is 1. The van der Waals surface area contributed by atoms with E-state index in [4.69, 9.17) is 18.9 Å². The molecule has 234 valence electrons. The van der Waals surface area contributed by atoms with Crippen LogP contribution in [-0.4, -0.2) is 40.0 Å². The number of amidine groups is 1. The molecule has 3 aliphatic rings. The van der Waals surface area contributed by atoms with Crippen LogP contribution in [0, 0.1) is 6.92 Å². The Labute approximate surface area is 272 Å². The summed E-state index contributed by atoms with van der Waals surface area (Å²) in [4.78, 5) is 16.5. The van der Waals surface area contributed by atoms with E-state index in [1.165, 1.54) is 0 Å². The topological polar surface area (TPSA) is 80.5 Å². The van der Waals surface area contributed by atoms with Gasteiger partial charge in [-0.2, -0.15) is 0 Å². The van der Waals surface area contributed by atoms with Gasteiger partial charge in [0.15, 0.2) is 29.0 Å². The van der Waals surface area contributed by atoms with Gasteiger partial charge >= 0.3 is 5.97 Å². The lowest BCUT2D eigenvalue weighted by Crippen LogP contribution is -2.53. The molecule has 5 aromatic carbocycles. The molecule has 0 aliphatic carbocycles. The van der Waals surface area contributed by atoms with Gasteiger partial charge in [0.2, 0.25) is 13.6 Å². The van der Waals surface area contributed by atoms with E-state index in [1.54, 1.807) is 0 Å². The normalized spacial score (nSPS) is 19.3. The van der Waals surface area contributed by atoms with Crippen molar-refractivity contribution in [2.45, 2.75) is 31.6 Å². The summed E-state index contributed by atoms with van der Waals surface area (Å²) in [6, 6.07) is 39.0. The number of nitrogens with zero attached hydrogens (tertiary/aromatic N) is 2. The summed E-state index contributed by atoms with van der Waals surface area (Å²) in [5, 5.41) is 11.8. The first-order chi connectivity index (χ1) is 23.0. The van der Waals surface area contributed by atoms with Crippen LogP contribution in [-0.2, 0) is 23.4 Å². The Kier molecular flexibility index (Phi) is 7.05. The zero-order valence-electron chi connectivity index (χ0n) is 25.8. The van der Waals surface area contributed by atoms with Gasteiger partial charge in [-0.15, -0.1) is 0 Å². The van der Waals surface area contributed by atoms with E-state index in [9.17, 15) is 9.90 Å². The Hall–Kier alpha value is -5.76. The summed E-state index contributed by atoms with van der Waals surface area (Å²) < 4.78 is 25.3. The highest BCUT2D eigenvalue weighted by Gasteiger charge is 2.67. The molecule has 2 atom stereocenters. The second kappa shape index (κ2) is 11.6. The highest BCUT2D eigenvalue weighted by atomic mass is 16.7. The van der Waals surface area contributed by atoms with Crippen LogP contribution in [0.15, 0.2) is 121 Å². The summed E-state index contributed by atoms with van der Waals surface area (Å²) in [6.07, 6.45) is 0. The molecular formula is C39H33N2O6+. The molecule has 0 spiro atoms. The molecule has 0 unspecified atom stereocenters. The van der Waals surface area contributed by atoms with Crippen LogP contribution in [0.3, 0.4) is 0 Å². The van der Waals surface area contributed by atoms with Gasteiger partial charge in [-0.05, 0) is 60.5 Å². The van der Waals surface area contributed by atoms with Crippen molar-refractivity contribution in [2.75, 3.05) is 13.6 Å². The minimum absolute atomic E-state index is 0.0824. The molecule has 5 aromatic rings. The standard InChI is InChI=1S/C39H32N2O6/c1-26-12-14-29(15-13-26)37-40(22-27-8-4-2-5-9-27)36(30-16-18-32-34(20-30)46-24-44-32)39(38(42)43,41(37)23-28-10-6-3-7-11-28)31-17-19-33-35(21-31)47-25-45-33/h2-21,36H,22-25H2,1H3/p+1/t36-,39-/m1/s1. The third kappa shape index (κ3) is 4.84. The molecule has 0 saturated heterocycles. The van der Waals surface area contributed by atoms with E-state index >= 15 is 0 Å². The van der Waals surface area contributed by atoms with Crippen molar-refractivity contribution in [3.63, 3.8) is 0 Å². The van der Waals surface area contributed by atoms with Crippen LogP contribution >= 0.6 is 0 Å². The number of carboxylic acid groups (broad SMARTS) is 1. The molecule has 0 aromatic heterocycles. The molecule has 0 bridgehead atoms. The van der Waals surface area contributed by atoms with Crippen molar-refractivity contribution >= 4 is 11.8 Å². The number of rotatable bonds is 8. The number of carboxylic acids is 1. The van der Waals surface area contributed by atoms with Crippen LogP contribution in [0.4, 0.5) is 0 Å². The first-order valence-electron chi connectivity index (χ1n) is 15.6. The Balaban J connectivity index is 1.46. The van der Waals surface area contributed by atoms with E-state index in [0.717, 1.165) is 33.7 Å². The minimum atomic E-state index is -1.63. The number of fused-ring (bicyclic) bond motifs is 2. The van der Waals surface area contributed by atoms with Gasteiger partial charge < -0.3 is 24.1 Å². The summed E-state index contributed by atoms with van der Waals surface area (Å²) >= 11 is 0. The zero-order valence-corrected chi connectivity index (χ0v) is 25.8. The molecule has 0 radical (unpaired) electrons. The van der Waals surface area contributed by atoms with Crippen LogP contribution < -0.4 is 18.9 Å². The molecule has 47 heavy (non-hydrogen) atoms. The summed E-state index contributed by atoms with van der Waals surface area (Å²) in [6.45, 7) is 3.03. The van der Waals surface area contributed by atoms with E-state index in [1.807, 2.05) is 84.9 Å². The fourth-order valence-corrected chi connectivity index (χ4v) is 7.06. The Bertz CT molecular complexity index is 1990. The Morgan fingerprint density at radius 1 is 0.745 bits per heavy atom. The van der Waals surface area contributed by atoms with Gasteiger partial charge in [-0.3, -0.25) is 0 Å². The average Bonchev–Trinajstić information content (AvgIpc) is 3.83. The number of aliphatic carboxylic acids is 1. The van der Waals surface area contributed by atoms with Crippen LogP contribution in [0.5, 0.6) is 23.0 Å². The first kappa shape index (κ1) is 28.7. The molecule has 0 saturated carbocycles. The summed E-state index contributed by atoms with van der Waals surface area (Å²) in [5.41, 5.74) is 3.79. The highest BCUT2D eigenvalue weighted by Crippen LogP contribution is 2.52. The predicted octanol–water partition coefficient (Wildman–Crippen LogP) is 6.65. The molecule has 3 heterocycles. The van der Waals surface area contributed by atoms with E-state index in [-0.39, 0.29) is 13.6 Å². The predicted molar refractivity (Wildman–Crippen MR) is 175 cm³/mol. The van der Waals surface area contributed by atoms with Crippen molar-refractivity contribution in [1.82, 2.24) is 4.90 Å². The lowest BCUT2D eigenvalue weighted by Gasteiger charge is -2.35. The van der Waals surface area contributed by atoms with E-state index < -0.39 is 17.6 Å². The zero-order chi connectivity index (χ0) is 32.0. The van der Waals surface area contributed by atoms with Crippen LogP contribution in [0.25, 0.3) is 0 Å². The molecular weight excluding hydrogens is 592 g/mol. The third-order valence-electron chi connectivity index (χ3n) is 9.20. The Morgan fingerprint density at radius 3 is 2.00 bits per heavy atom. The summed E-state index contributed by atoms with van der Waals surface area (Å²) in [7, 11) is 0. The molecule has 8 heteroatoms. The highest BCUT2D eigenvalue weighted by molar-refractivity contribution is 6.01. The number of hydrogen-bond acceptors (Lipinski definition) is 6. The van der Waals surface area contributed by atoms with Crippen molar-refractivity contribution in [2.24, 2.45) is 0 Å². The van der Waals surface area contributed by atoms with Crippen molar-refractivity contribution in [3.8, 4) is 23.0 Å². The quantitative estimate of drug-likeness (QED) is 0.194. The second-order valence-electron chi connectivity index (χ2n) is 12.0. The molecule has 1 N–H and O–H groups in total. The Morgan fingerprint density at radius 2 is 1.34 bits per heavy atom. The fraction of sp³-hybridized carbons (Fsp3) is 0.179. The van der Waals surface area contributed by atoms with Gasteiger partial charge in [-0.25, -0.2) is 14.3 Å². The molecule has 8 rings (SSSR count). The number of hydrogen-bond donors (Lipinski definition) is 1. The number of aryl methyl sites for hydroxylation is 1. The van der Waals surface area contributed by atoms with Crippen LogP contribution in [0.1, 0.15) is 39.4 Å². The molecule has 0 fully saturated rings. The molecule has 8 nitrogen and oxygen atoms in total. The van der Waals surface area contributed by atoms with Gasteiger partial charge in [0.05, 0.1) is 5.56 Å². The van der Waals surface area contributed by atoms with Crippen molar-refractivity contribution in [3.05, 3.63) is 155 Å². The second-order valence-corrected chi connectivity index (χ2v) is 12.0. The number of ether oxygens (including phenoxy) is 4. The lowest BCUT2D eigenvalue weighted by molar-refractivity contribution is -0.586. The maximum atomic E-state index is 14.5. The minimum Gasteiger partial charge on any atom is -0.477 e. The van der Waals surface area contributed by atoms with Gasteiger partial charge in [0, 0.05) is 11.1 Å². The van der Waals surface area contributed by atoms with Gasteiger partial charge in [0.1, 0.15) is 13.1 Å². The summed E-state index contributed by atoms with van der Waals surface area (Å²) in [5.74, 6) is 2.14. The fourth-order valence-electron chi connectivity index (χ4n) is 7.06. The molecule has 0 amide bonds. The third-order valence-corrected chi connectivity index (χ3v) is 9.20. The van der Waals surface area contributed by atoms with Gasteiger partial charge in [-0.1, -0.05) is 84.4 Å². The van der Waals surface area contributed by atoms with Crippen molar-refractivity contribution < 1.29 is 33.4 Å². The lowest BCUT2D eigenvalue weighted by atomic mass is 9.78. The maximum absolute atomic E-state index is 14.5. The average molecular weight is 626 g/mol. The van der Waals surface area contributed by atoms with Crippen LogP contribution in [0.2, 0.25) is 0 Å². The maximum Gasteiger partial charge on any atom is 0.362 e. The largest absolute Gasteiger partial charge is 0.477 e. The molecule has 3 aliphatic heterocycles. The smallest absolute Gasteiger partial charge is 0.362 e. The van der Waals surface area contributed by atoms with Gasteiger partial charge in [0.25, 0.3) is 11.4 Å².